The summed E-state index contributed by atoms with van der Waals surface area (Å²) in [5, 5.41) is 0. The molecular formula is C13H18F2N2. The van der Waals surface area contributed by atoms with Crippen molar-refractivity contribution in [1.29, 1.82) is 0 Å². The van der Waals surface area contributed by atoms with Crippen LogP contribution in [0.3, 0.4) is 0 Å². The van der Waals surface area contributed by atoms with Crippen LogP contribution in [0.5, 0.6) is 0 Å². The summed E-state index contributed by atoms with van der Waals surface area (Å²) >= 11 is 0. The van der Waals surface area contributed by atoms with Crippen LogP contribution in [0, 0.1) is 17.6 Å². The molecule has 3 unspecified atom stereocenters. The molecular weight excluding hydrogens is 222 g/mol. The maximum atomic E-state index is 13.2. The zero-order valence-electron chi connectivity index (χ0n) is 10.2. The van der Waals surface area contributed by atoms with Gasteiger partial charge < -0.3 is 10.6 Å². The van der Waals surface area contributed by atoms with Crippen molar-refractivity contribution in [2.24, 2.45) is 11.7 Å². The number of hydrogen-bond donors (Lipinski definition) is 1. The molecule has 0 spiro atoms. The second kappa shape index (κ2) is 4.61. The molecule has 0 aromatic heterocycles. The van der Waals surface area contributed by atoms with Gasteiger partial charge in [-0.2, -0.15) is 0 Å². The van der Waals surface area contributed by atoms with Crippen LogP contribution in [-0.4, -0.2) is 18.6 Å². The average Bonchev–Trinajstić information content (AvgIpc) is 2.30. The number of nitrogens with zero attached hydrogens (tertiary/aromatic N) is 1. The molecule has 0 bridgehead atoms. The Balaban J connectivity index is 2.24. The number of benzene rings is 1. The molecule has 0 amide bonds. The Morgan fingerprint density at radius 3 is 2.59 bits per heavy atom. The Kier molecular flexibility index (Phi) is 3.33. The first-order valence-electron chi connectivity index (χ1n) is 5.98. The van der Waals surface area contributed by atoms with E-state index in [1.54, 1.807) is 6.07 Å². The lowest BCUT2D eigenvalue weighted by molar-refractivity contribution is 0.315. The van der Waals surface area contributed by atoms with Gasteiger partial charge in [0.2, 0.25) is 0 Å². The molecule has 2 N–H and O–H groups in total. The van der Waals surface area contributed by atoms with Gasteiger partial charge >= 0.3 is 0 Å². The van der Waals surface area contributed by atoms with E-state index in [9.17, 15) is 8.78 Å². The van der Waals surface area contributed by atoms with E-state index in [0.29, 0.717) is 5.92 Å². The summed E-state index contributed by atoms with van der Waals surface area (Å²) in [6.07, 6.45) is 0.879. The molecule has 0 aliphatic carbocycles. The van der Waals surface area contributed by atoms with Crippen LogP contribution in [0.15, 0.2) is 18.2 Å². The Bertz CT molecular complexity index is 408. The third-order valence-electron chi connectivity index (χ3n) is 3.87. The van der Waals surface area contributed by atoms with Crippen LogP contribution in [0.2, 0.25) is 0 Å². The number of anilines is 1. The zero-order chi connectivity index (χ0) is 12.6. The van der Waals surface area contributed by atoms with Gasteiger partial charge in [0, 0.05) is 30.4 Å². The molecule has 0 saturated carbocycles. The van der Waals surface area contributed by atoms with Crippen molar-refractivity contribution in [1.82, 2.24) is 0 Å². The molecule has 2 rings (SSSR count). The third-order valence-corrected chi connectivity index (χ3v) is 3.87. The average molecular weight is 240 g/mol. The van der Waals surface area contributed by atoms with Crippen molar-refractivity contribution in [3.05, 3.63) is 29.8 Å². The summed E-state index contributed by atoms with van der Waals surface area (Å²) < 4.78 is 26.1. The molecule has 17 heavy (non-hydrogen) atoms. The Morgan fingerprint density at radius 2 is 1.94 bits per heavy atom. The summed E-state index contributed by atoms with van der Waals surface area (Å²) in [6.45, 7) is 4.96. The minimum Gasteiger partial charge on any atom is -0.368 e. The molecule has 1 saturated heterocycles. The van der Waals surface area contributed by atoms with Gasteiger partial charge in [0.05, 0.1) is 0 Å². The quantitative estimate of drug-likeness (QED) is 0.817. The molecule has 1 heterocycles. The number of hydrogen-bond acceptors (Lipinski definition) is 2. The largest absolute Gasteiger partial charge is 0.368 e. The number of nitrogens with two attached hydrogens (primary N) is 1. The molecule has 2 nitrogen and oxygen atoms in total. The molecule has 1 aromatic carbocycles. The number of halogens is 2. The normalized spacial score (nSPS) is 29.5. The maximum Gasteiger partial charge on any atom is 0.160 e. The van der Waals surface area contributed by atoms with Gasteiger partial charge in [-0.3, -0.25) is 0 Å². The summed E-state index contributed by atoms with van der Waals surface area (Å²) in [5.74, 6) is -1.25. The van der Waals surface area contributed by atoms with Crippen LogP contribution in [0.4, 0.5) is 14.5 Å². The van der Waals surface area contributed by atoms with Crippen LogP contribution in [0.1, 0.15) is 20.3 Å². The van der Waals surface area contributed by atoms with E-state index in [0.717, 1.165) is 18.7 Å². The van der Waals surface area contributed by atoms with E-state index in [1.165, 1.54) is 12.1 Å². The van der Waals surface area contributed by atoms with Gasteiger partial charge in [0.25, 0.3) is 0 Å². The second-order valence-electron chi connectivity index (χ2n) is 4.84. The first-order chi connectivity index (χ1) is 8.00. The zero-order valence-corrected chi connectivity index (χ0v) is 10.2. The van der Waals surface area contributed by atoms with E-state index in [1.807, 2.05) is 0 Å². The van der Waals surface area contributed by atoms with Crippen molar-refractivity contribution < 1.29 is 8.78 Å². The fourth-order valence-electron chi connectivity index (χ4n) is 2.42. The van der Waals surface area contributed by atoms with Crippen LogP contribution in [-0.2, 0) is 0 Å². The summed E-state index contributed by atoms with van der Waals surface area (Å²) in [6, 6.07) is 4.49. The molecule has 1 aromatic rings. The van der Waals surface area contributed by atoms with Crippen molar-refractivity contribution in [3.63, 3.8) is 0 Å². The van der Waals surface area contributed by atoms with Crippen molar-refractivity contribution in [3.8, 4) is 0 Å². The molecule has 3 atom stereocenters. The second-order valence-corrected chi connectivity index (χ2v) is 4.84. The van der Waals surface area contributed by atoms with E-state index >= 15 is 0 Å². The summed E-state index contributed by atoms with van der Waals surface area (Å²) in [4.78, 5) is 2.09. The fourth-order valence-corrected chi connectivity index (χ4v) is 2.42. The van der Waals surface area contributed by atoms with Gasteiger partial charge in [-0.05, 0) is 31.4 Å². The van der Waals surface area contributed by atoms with Gasteiger partial charge in [-0.25, -0.2) is 8.78 Å². The number of piperidine rings is 1. The fraction of sp³-hybridized carbons (Fsp3) is 0.538. The van der Waals surface area contributed by atoms with E-state index < -0.39 is 11.6 Å². The van der Waals surface area contributed by atoms with Crippen molar-refractivity contribution in [2.75, 3.05) is 11.4 Å². The highest BCUT2D eigenvalue weighted by Gasteiger charge is 2.30. The molecule has 1 aliphatic heterocycles. The van der Waals surface area contributed by atoms with E-state index in [2.05, 4.69) is 18.7 Å². The SMILES string of the molecule is CC1C(N)CCN(c2ccc(F)c(F)c2)C1C. The van der Waals surface area contributed by atoms with E-state index in [4.69, 9.17) is 5.73 Å². The predicted molar refractivity (Wildman–Crippen MR) is 64.9 cm³/mol. The van der Waals surface area contributed by atoms with Crippen LogP contribution >= 0.6 is 0 Å². The highest BCUT2D eigenvalue weighted by Crippen LogP contribution is 2.28. The summed E-state index contributed by atoms with van der Waals surface area (Å²) in [5.41, 5.74) is 6.73. The molecule has 4 heteroatoms. The lowest BCUT2D eigenvalue weighted by Gasteiger charge is -2.42. The first kappa shape index (κ1) is 12.3. The predicted octanol–water partition coefficient (Wildman–Crippen LogP) is 2.53. The van der Waals surface area contributed by atoms with Gasteiger partial charge in [-0.1, -0.05) is 6.92 Å². The van der Waals surface area contributed by atoms with Crippen LogP contribution < -0.4 is 10.6 Å². The highest BCUT2D eigenvalue weighted by atomic mass is 19.2. The maximum absolute atomic E-state index is 13.2. The first-order valence-corrected chi connectivity index (χ1v) is 5.98. The Hall–Kier alpha value is -1.16. The molecule has 1 fully saturated rings. The lowest BCUT2D eigenvalue weighted by Crippen LogP contribution is -2.51. The Morgan fingerprint density at radius 1 is 1.24 bits per heavy atom. The minimum atomic E-state index is -0.803. The van der Waals surface area contributed by atoms with Crippen LogP contribution in [0.25, 0.3) is 0 Å². The minimum absolute atomic E-state index is 0.187. The summed E-state index contributed by atoms with van der Waals surface area (Å²) in [7, 11) is 0. The van der Waals surface area contributed by atoms with Gasteiger partial charge in [0.1, 0.15) is 0 Å². The van der Waals surface area contributed by atoms with Gasteiger partial charge in [0.15, 0.2) is 11.6 Å². The van der Waals surface area contributed by atoms with Crippen molar-refractivity contribution >= 4 is 5.69 Å². The van der Waals surface area contributed by atoms with Crippen molar-refractivity contribution in [2.45, 2.75) is 32.4 Å². The van der Waals surface area contributed by atoms with E-state index in [-0.39, 0.29) is 12.1 Å². The highest BCUT2D eigenvalue weighted by molar-refractivity contribution is 5.48. The number of rotatable bonds is 1. The monoisotopic (exact) mass is 240 g/mol. The molecule has 94 valence electrons. The lowest BCUT2D eigenvalue weighted by atomic mass is 9.87. The molecule has 0 radical (unpaired) electrons. The smallest absolute Gasteiger partial charge is 0.160 e. The third kappa shape index (κ3) is 2.27. The topological polar surface area (TPSA) is 29.3 Å². The Labute approximate surface area is 100 Å². The standard InChI is InChI=1S/C13H18F2N2/c1-8-9(2)17(6-5-13(8)16)10-3-4-11(14)12(15)7-10/h3-4,7-9,13H,5-6,16H2,1-2H3. The van der Waals surface area contributed by atoms with Gasteiger partial charge in [-0.15, -0.1) is 0 Å². The molecule has 1 aliphatic rings.